The van der Waals surface area contributed by atoms with E-state index in [1.165, 1.54) is 32.4 Å². The van der Waals surface area contributed by atoms with E-state index in [1.54, 1.807) is 0 Å². The number of nitrogens with zero attached hydrogens (tertiary/aromatic N) is 2. The van der Waals surface area contributed by atoms with Crippen LogP contribution in [0.5, 0.6) is 5.88 Å². The largest absolute Gasteiger partial charge is 0.477 e. The molecule has 2 aromatic rings. The van der Waals surface area contributed by atoms with E-state index in [0.29, 0.717) is 12.5 Å². The molecule has 22 heavy (non-hydrogen) atoms. The lowest BCUT2D eigenvalue weighted by atomic mass is 10.1. The Morgan fingerprint density at radius 1 is 1.14 bits per heavy atom. The van der Waals surface area contributed by atoms with Crippen molar-refractivity contribution in [1.82, 2.24) is 15.1 Å². The summed E-state index contributed by atoms with van der Waals surface area (Å²) in [6.45, 7) is 4.31. The van der Waals surface area contributed by atoms with Crippen LogP contribution in [0.3, 0.4) is 0 Å². The molecule has 0 bridgehead atoms. The molecular formula is C17H22ClN3O. The minimum Gasteiger partial charge on any atom is -0.477 e. The summed E-state index contributed by atoms with van der Waals surface area (Å²) in [4.78, 5) is 2.52. The molecule has 0 aliphatic carbocycles. The van der Waals surface area contributed by atoms with Crippen molar-refractivity contribution in [3.05, 3.63) is 35.4 Å². The van der Waals surface area contributed by atoms with Crippen LogP contribution in [0, 0.1) is 0 Å². The van der Waals surface area contributed by atoms with E-state index in [9.17, 15) is 0 Å². The van der Waals surface area contributed by atoms with E-state index >= 15 is 0 Å². The third-order valence-corrected chi connectivity index (χ3v) is 4.28. The SMILES string of the molecule is Clc1ccc(-c2cc(OCCCN3CCCCC3)n[nH]2)cc1. The molecule has 1 aromatic carbocycles. The van der Waals surface area contributed by atoms with Gasteiger partial charge in [0.15, 0.2) is 0 Å². The van der Waals surface area contributed by atoms with Gasteiger partial charge in [0.25, 0.3) is 0 Å². The molecule has 1 saturated heterocycles. The molecule has 0 unspecified atom stereocenters. The Morgan fingerprint density at radius 3 is 2.68 bits per heavy atom. The molecule has 0 amide bonds. The van der Waals surface area contributed by atoms with Gasteiger partial charge in [-0.2, -0.15) is 0 Å². The lowest BCUT2D eigenvalue weighted by Gasteiger charge is -2.26. The van der Waals surface area contributed by atoms with E-state index in [1.807, 2.05) is 30.3 Å². The summed E-state index contributed by atoms with van der Waals surface area (Å²) in [7, 11) is 0. The van der Waals surface area contributed by atoms with Crippen LogP contribution in [-0.4, -0.2) is 41.3 Å². The first kappa shape index (κ1) is 15.4. The van der Waals surface area contributed by atoms with Gasteiger partial charge in [-0.1, -0.05) is 30.2 Å². The second kappa shape index (κ2) is 7.65. The molecule has 1 aliphatic heterocycles. The number of likely N-dealkylation sites (tertiary alicyclic amines) is 1. The van der Waals surface area contributed by atoms with Crippen molar-refractivity contribution in [3.8, 4) is 17.1 Å². The van der Waals surface area contributed by atoms with Gasteiger partial charge in [-0.05, 0) is 50.0 Å². The van der Waals surface area contributed by atoms with Crippen LogP contribution in [-0.2, 0) is 0 Å². The highest BCUT2D eigenvalue weighted by Gasteiger charge is 2.09. The number of nitrogens with one attached hydrogen (secondary N) is 1. The maximum absolute atomic E-state index is 5.90. The Bertz CT molecular complexity index is 576. The lowest BCUT2D eigenvalue weighted by Crippen LogP contribution is -2.31. The Kier molecular flexibility index (Phi) is 5.35. The molecule has 1 aromatic heterocycles. The summed E-state index contributed by atoms with van der Waals surface area (Å²) in [5, 5.41) is 7.94. The third kappa shape index (κ3) is 4.24. The highest BCUT2D eigenvalue weighted by Crippen LogP contribution is 2.22. The van der Waals surface area contributed by atoms with Gasteiger partial charge in [0.05, 0.1) is 12.3 Å². The van der Waals surface area contributed by atoms with Gasteiger partial charge in [0.2, 0.25) is 5.88 Å². The van der Waals surface area contributed by atoms with Crippen molar-refractivity contribution in [2.45, 2.75) is 25.7 Å². The molecular weight excluding hydrogens is 298 g/mol. The van der Waals surface area contributed by atoms with Gasteiger partial charge in [-0.3, -0.25) is 5.10 Å². The van der Waals surface area contributed by atoms with Crippen LogP contribution in [0.15, 0.2) is 30.3 Å². The van der Waals surface area contributed by atoms with E-state index in [0.717, 1.165) is 29.2 Å². The van der Waals surface area contributed by atoms with E-state index in [2.05, 4.69) is 15.1 Å². The van der Waals surface area contributed by atoms with Gasteiger partial charge in [-0.25, -0.2) is 0 Å². The second-order valence-electron chi connectivity index (χ2n) is 5.73. The predicted octanol–water partition coefficient (Wildman–Crippen LogP) is 3.98. The zero-order valence-corrected chi connectivity index (χ0v) is 13.5. The summed E-state index contributed by atoms with van der Waals surface area (Å²) in [6, 6.07) is 9.61. The fraction of sp³-hybridized carbons (Fsp3) is 0.471. The quantitative estimate of drug-likeness (QED) is 0.819. The molecule has 0 radical (unpaired) electrons. The number of rotatable bonds is 6. The normalized spacial score (nSPS) is 15.9. The van der Waals surface area contributed by atoms with Crippen molar-refractivity contribution >= 4 is 11.6 Å². The Labute approximate surface area is 136 Å². The fourth-order valence-electron chi connectivity index (χ4n) is 2.80. The van der Waals surface area contributed by atoms with Gasteiger partial charge in [0.1, 0.15) is 0 Å². The molecule has 1 N–H and O–H groups in total. The number of hydrogen-bond acceptors (Lipinski definition) is 3. The van der Waals surface area contributed by atoms with E-state index in [4.69, 9.17) is 16.3 Å². The van der Waals surface area contributed by atoms with Crippen molar-refractivity contribution in [1.29, 1.82) is 0 Å². The number of ether oxygens (including phenoxy) is 1. The maximum Gasteiger partial charge on any atom is 0.233 e. The van der Waals surface area contributed by atoms with Gasteiger partial charge >= 0.3 is 0 Å². The van der Waals surface area contributed by atoms with Gasteiger partial charge < -0.3 is 9.64 Å². The summed E-state index contributed by atoms with van der Waals surface area (Å²) in [5.41, 5.74) is 2.00. The first-order chi connectivity index (χ1) is 10.8. The highest BCUT2D eigenvalue weighted by molar-refractivity contribution is 6.30. The van der Waals surface area contributed by atoms with Crippen molar-refractivity contribution in [3.63, 3.8) is 0 Å². The van der Waals surface area contributed by atoms with Crippen molar-refractivity contribution in [2.24, 2.45) is 0 Å². The van der Waals surface area contributed by atoms with Gasteiger partial charge in [-0.15, -0.1) is 5.10 Å². The summed E-state index contributed by atoms with van der Waals surface area (Å²) >= 11 is 5.90. The van der Waals surface area contributed by atoms with Crippen LogP contribution in [0.2, 0.25) is 5.02 Å². The Balaban J connectivity index is 1.44. The van der Waals surface area contributed by atoms with Crippen LogP contribution in [0.25, 0.3) is 11.3 Å². The minimum absolute atomic E-state index is 0.656. The standard InChI is InChI=1S/C17H22ClN3O/c18-15-7-5-14(6-8-15)16-13-17(20-19-16)22-12-4-11-21-9-2-1-3-10-21/h5-8,13H,1-4,9-12H2,(H,19,20). The molecule has 1 aliphatic rings. The molecule has 3 rings (SSSR count). The minimum atomic E-state index is 0.656. The van der Waals surface area contributed by atoms with Crippen molar-refractivity contribution < 1.29 is 4.74 Å². The topological polar surface area (TPSA) is 41.1 Å². The highest BCUT2D eigenvalue weighted by atomic mass is 35.5. The summed E-state index contributed by atoms with van der Waals surface area (Å²) in [6.07, 6.45) is 5.10. The smallest absolute Gasteiger partial charge is 0.233 e. The fourth-order valence-corrected chi connectivity index (χ4v) is 2.93. The number of H-pyrrole nitrogens is 1. The molecule has 1 fully saturated rings. The molecule has 0 atom stereocenters. The Hall–Kier alpha value is -1.52. The average molecular weight is 320 g/mol. The summed E-state index contributed by atoms with van der Waals surface area (Å²) < 4.78 is 5.73. The third-order valence-electron chi connectivity index (χ3n) is 4.03. The zero-order valence-electron chi connectivity index (χ0n) is 12.7. The lowest BCUT2D eigenvalue weighted by molar-refractivity contribution is 0.203. The number of halogens is 1. The maximum atomic E-state index is 5.90. The second-order valence-corrected chi connectivity index (χ2v) is 6.17. The van der Waals surface area contributed by atoms with E-state index in [-0.39, 0.29) is 0 Å². The molecule has 4 nitrogen and oxygen atoms in total. The number of aromatic amines is 1. The molecule has 118 valence electrons. The number of benzene rings is 1. The van der Waals surface area contributed by atoms with Crippen LogP contribution < -0.4 is 4.74 Å². The van der Waals surface area contributed by atoms with Crippen LogP contribution in [0.1, 0.15) is 25.7 Å². The predicted molar refractivity (Wildman–Crippen MR) is 89.4 cm³/mol. The summed E-state index contributed by atoms with van der Waals surface area (Å²) in [5.74, 6) is 0.656. The molecule has 2 heterocycles. The van der Waals surface area contributed by atoms with Gasteiger partial charge in [0, 0.05) is 17.6 Å². The number of aromatic nitrogens is 2. The van der Waals surface area contributed by atoms with E-state index < -0.39 is 0 Å². The molecule has 5 heteroatoms. The van der Waals surface area contributed by atoms with Crippen LogP contribution in [0.4, 0.5) is 0 Å². The monoisotopic (exact) mass is 319 g/mol. The first-order valence-corrected chi connectivity index (χ1v) is 8.35. The van der Waals surface area contributed by atoms with Crippen LogP contribution >= 0.6 is 11.6 Å². The average Bonchev–Trinajstić information content (AvgIpc) is 3.02. The zero-order chi connectivity index (χ0) is 15.2. The number of hydrogen-bond donors (Lipinski definition) is 1. The molecule has 0 spiro atoms. The number of piperidine rings is 1. The Morgan fingerprint density at radius 2 is 1.91 bits per heavy atom. The first-order valence-electron chi connectivity index (χ1n) is 7.98. The van der Waals surface area contributed by atoms with Crippen molar-refractivity contribution in [2.75, 3.05) is 26.2 Å². The molecule has 0 saturated carbocycles.